The molecule has 0 atom stereocenters. The average Bonchev–Trinajstić information content (AvgIpc) is 2.53. The number of halogens is 6. The first-order valence-corrected chi connectivity index (χ1v) is 7.30. The molecule has 26 heavy (non-hydrogen) atoms. The number of rotatable bonds is 2. The van der Waals surface area contributed by atoms with E-state index in [0.717, 1.165) is 19.2 Å². The van der Waals surface area contributed by atoms with Gasteiger partial charge >= 0.3 is 12.2 Å². The normalized spacial score (nSPS) is 11.2. The highest BCUT2D eigenvalue weighted by Crippen LogP contribution is 2.32. The van der Waals surface area contributed by atoms with Crippen molar-refractivity contribution in [3.05, 3.63) is 64.2 Å². The molecule has 2 aromatic carbocycles. The van der Waals surface area contributed by atoms with Gasteiger partial charge in [0, 0.05) is 7.05 Å². The minimum atomic E-state index is -4.75. The number of nitrogens with zero attached hydrogens (tertiary/aromatic N) is 1. The van der Waals surface area contributed by atoms with Gasteiger partial charge in [-0.15, -0.1) is 0 Å². The van der Waals surface area contributed by atoms with Crippen LogP contribution in [-0.2, 0) is 6.18 Å². The third kappa shape index (κ3) is 4.10. The summed E-state index contributed by atoms with van der Waals surface area (Å²) in [4.78, 5) is 24.6. The topological polar surface area (TPSA) is 49.4 Å². The van der Waals surface area contributed by atoms with Gasteiger partial charge in [0.05, 0.1) is 21.8 Å². The number of urea groups is 1. The van der Waals surface area contributed by atoms with Gasteiger partial charge in [-0.2, -0.15) is 13.2 Å². The number of hydrogen-bond acceptors (Lipinski definition) is 2. The molecule has 2 rings (SSSR count). The van der Waals surface area contributed by atoms with Gasteiger partial charge in [-0.25, -0.2) is 13.6 Å². The van der Waals surface area contributed by atoms with E-state index in [4.69, 9.17) is 11.6 Å². The number of carbonyl (C=O) groups is 2. The molecule has 138 valence electrons. The Bertz CT molecular complexity index is 850. The van der Waals surface area contributed by atoms with Crippen LogP contribution >= 0.6 is 11.6 Å². The molecule has 2 aromatic rings. The Morgan fingerprint density at radius 1 is 1.08 bits per heavy atom. The van der Waals surface area contributed by atoms with E-state index >= 15 is 0 Å². The molecule has 4 nitrogen and oxygen atoms in total. The molecule has 0 aromatic heterocycles. The summed E-state index contributed by atoms with van der Waals surface area (Å²) in [6, 6.07) is 3.77. The molecule has 0 unspecified atom stereocenters. The highest BCUT2D eigenvalue weighted by molar-refractivity contribution is 6.34. The summed E-state index contributed by atoms with van der Waals surface area (Å²) in [7, 11) is 1.03. The zero-order chi connectivity index (χ0) is 19.6. The van der Waals surface area contributed by atoms with Crippen LogP contribution in [0.2, 0.25) is 5.02 Å². The van der Waals surface area contributed by atoms with Crippen LogP contribution in [0.3, 0.4) is 0 Å². The maximum Gasteiger partial charge on any atom is 0.416 e. The SMILES string of the molecule is CN(C(=O)NC(=O)c1c(F)cccc1Cl)c1ccc(C(F)(F)F)cc1F. The van der Waals surface area contributed by atoms with Crippen molar-refractivity contribution in [2.45, 2.75) is 6.18 Å². The van der Waals surface area contributed by atoms with Crippen molar-refractivity contribution in [2.24, 2.45) is 0 Å². The quantitative estimate of drug-likeness (QED) is 0.758. The number of amides is 3. The van der Waals surface area contributed by atoms with E-state index in [-0.39, 0.29) is 11.1 Å². The Kier molecular flexibility index (Phi) is 5.50. The summed E-state index contributed by atoms with van der Waals surface area (Å²) >= 11 is 5.70. The number of hydrogen-bond donors (Lipinski definition) is 1. The minimum Gasteiger partial charge on any atom is -0.294 e. The van der Waals surface area contributed by atoms with Crippen molar-refractivity contribution < 1.29 is 31.5 Å². The molecule has 0 aliphatic rings. The Hall–Kier alpha value is -2.68. The molecule has 1 N–H and O–H groups in total. The number of carbonyl (C=O) groups excluding carboxylic acids is 2. The number of alkyl halides is 3. The first-order valence-electron chi connectivity index (χ1n) is 6.92. The Labute approximate surface area is 149 Å². The molecule has 0 saturated carbocycles. The Morgan fingerprint density at radius 3 is 2.27 bits per heavy atom. The maximum absolute atomic E-state index is 13.9. The van der Waals surface area contributed by atoms with E-state index in [1.165, 1.54) is 12.1 Å². The molecule has 0 radical (unpaired) electrons. The molecule has 0 heterocycles. The molecule has 0 saturated heterocycles. The maximum atomic E-state index is 13.9. The van der Waals surface area contributed by atoms with Crippen molar-refractivity contribution in [3.63, 3.8) is 0 Å². The van der Waals surface area contributed by atoms with Crippen molar-refractivity contribution in [1.82, 2.24) is 5.32 Å². The lowest BCUT2D eigenvalue weighted by Crippen LogP contribution is -2.41. The van der Waals surface area contributed by atoms with E-state index < -0.39 is 46.6 Å². The molecular formula is C16H10ClF5N2O2. The second-order valence-corrected chi connectivity index (χ2v) is 5.49. The summed E-state index contributed by atoms with van der Waals surface area (Å²) in [6.07, 6.45) is -4.75. The molecule has 0 aliphatic carbocycles. The number of benzene rings is 2. The van der Waals surface area contributed by atoms with Gasteiger partial charge in [0.2, 0.25) is 0 Å². The lowest BCUT2D eigenvalue weighted by molar-refractivity contribution is -0.137. The van der Waals surface area contributed by atoms with Gasteiger partial charge in [0.1, 0.15) is 11.6 Å². The fraction of sp³-hybridized carbons (Fsp3) is 0.125. The number of anilines is 1. The van der Waals surface area contributed by atoms with E-state index in [1.54, 1.807) is 5.32 Å². The van der Waals surface area contributed by atoms with Crippen molar-refractivity contribution in [1.29, 1.82) is 0 Å². The van der Waals surface area contributed by atoms with E-state index in [1.807, 2.05) is 0 Å². The van der Waals surface area contributed by atoms with E-state index in [2.05, 4.69) is 0 Å². The Balaban J connectivity index is 2.21. The molecule has 10 heteroatoms. The van der Waals surface area contributed by atoms with Crippen LogP contribution in [0, 0.1) is 11.6 Å². The average molecular weight is 393 g/mol. The second kappa shape index (κ2) is 7.28. The van der Waals surface area contributed by atoms with Gasteiger partial charge in [-0.3, -0.25) is 15.0 Å². The summed E-state index contributed by atoms with van der Waals surface area (Å²) < 4.78 is 65.2. The first-order chi connectivity index (χ1) is 12.0. The molecule has 3 amide bonds. The zero-order valence-corrected chi connectivity index (χ0v) is 13.8. The van der Waals surface area contributed by atoms with E-state index in [9.17, 15) is 31.5 Å². The predicted octanol–water partition coefficient (Wildman–Crippen LogP) is 4.62. The highest BCUT2D eigenvalue weighted by atomic mass is 35.5. The van der Waals surface area contributed by atoms with Gasteiger partial charge in [-0.1, -0.05) is 17.7 Å². The highest BCUT2D eigenvalue weighted by Gasteiger charge is 2.32. The van der Waals surface area contributed by atoms with Crippen LogP contribution in [0.5, 0.6) is 0 Å². The first kappa shape index (κ1) is 19.6. The molecule has 0 fully saturated rings. The van der Waals surface area contributed by atoms with Crippen molar-refractivity contribution in [3.8, 4) is 0 Å². The fourth-order valence-corrected chi connectivity index (χ4v) is 2.27. The summed E-state index contributed by atoms with van der Waals surface area (Å²) in [5.74, 6) is -3.49. The molecule has 0 bridgehead atoms. The smallest absolute Gasteiger partial charge is 0.294 e. The second-order valence-electron chi connectivity index (χ2n) is 5.08. The monoisotopic (exact) mass is 392 g/mol. The predicted molar refractivity (Wildman–Crippen MR) is 84.1 cm³/mol. The van der Waals surface area contributed by atoms with Crippen LogP contribution in [0.4, 0.5) is 32.4 Å². The lowest BCUT2D eigenvalue weighted by atomic mass is 10.2. The van der Waals surface area contributed by atoms with E-state index in [0.29, 0.717) is 11.0 Å². The molecular weight excluding hydrogens is 383 g/mol. The van der Waals surface area contributed by atoms with Crippen LogP contribution in [-0.4, -0.2) is 19.0 Å². The molecule has 0 aliphatic heterocycles. The van der Waals surface area contributed by atoms with Crippen LogP contribution in [0.1, 0.15) is 15.9 Å². The van der Waals surface area contributed by atoms with Gasteiger partial charge < -0.3 is 0 Å². The van der Waals surface area contributed by atoms with Crippen molar-refractivity contribution >= 4 is 29.2 Å². The van der Waals surface area contributed by atoms with Crippen molar-refractivity contribution in [2.75, 3.05) is 11.9 Å². The summed E-state index contributed by atoms with van der Waals surface area (Å²) in [5.41, 5.74) is -2.34. The summed E-state index contributed by atoms with van der Waals surface area (Å²) in [6.45, 7) is 0. The number of imide groups is 1. The number of nitrogens with one attached hydrogen (secondary N) is 1. The largest absolute Gasteiger partial charge is 0.416 e. The standard InChI is InChI=1S/C16H10ClF5N2O2/c1-24(12-6-5-8(7-11(12)19)16(20,21)22)15(26)23-14(25)13-9(17)3-2-4-10(13)18/h2-7H,1H3,(H,23,25,26). The van der Waals surface area contributed by atoms with Crippen LogP contribution in [0.15, 0.2) is 36.4 Å². The minimum absolute atomic E-state index is 0.217. The summed E-state index contributed by atoms with van der Waals surface area (Å²) in [5, 5.41) is 1.53. The third-order valence-electron chi connectivity index (χ3n) is 3.35. The Morgan fingerprint density at radius 2 is 1.73 bits per heavy atom. The van der Waals surface area contributed by atoms with Gasteiger partial charge in [0.15, 0.2) is 0 Å². The lowest BCUT2D eigenvalue weighted by Gasteiger charge is -2.19. The van der Waals surface area contributed by atoms with Gasteiger partial charge in [0.25, 0.3) is 5.91 Å². The third-order valence-corrected chi connectivity index (χ3v) is 3.67. The fourth-order valence-electron chi connectivity index (χ4n) is 2.02. The zero-order valence-electron chi connectivity index (χ0n) is 13.0. The van der Waals surface area contributed by atoms with Crippen LogP contribution in [0.25, 0.3) is 0 Å². The molecule has 0 spiro atoms. The van der Waals surface area contributed by atoms with Gasteiger partial charge in [-0.05, 0) is 30.3 Å². The van der Waals surface area contributed by atoms with Crippen LogP contribution < -0.4 is 10.2 Å².